The van der Waals surface area contributed by atoms with E-state index in [1.54, 1.807) is 27.7 Å². The zero-order valence-electron chi connectivity index (χ0n) is 15.4. The molecule has 25 heavy (non-hydrogen) atoms. The van der Waals surface area contributed by atoms with E-state index >= 15 is 0 Å². The molecule has 1 heterocycles. The molecule has 0 aromatic rings. The van der Waals surface area contributed by atoms with Crippen LogP contribution >= 0.6 is 15.6 Å². The van der Waals surface area contributed by atoms with Crippen LogP contribution in [-0.2, 0) is 41.0 Å². The Morgan fingerprint density at radius 3 is 1.28 bits per heavy atom. The summed E-state index contributed by atoms with van der Waals surface area (Å²) in [5, 5.41) is 0. The van der Waals surface area contributed by atoms with E-state index in [2.05, 4.69) is 0 Å². The zero-order valence-corrected chi connectivity index (χ0v) is 17.2. The maximum atomic E-state index is 12.2. The van der Waals surface area contributed by atoms with E-state index in [9.17, 15) is 9.13 Å². The van der Waals surface area contributed by atoms with Gasteiger partial charge in [-0.3, -0.25) is 27.1 Å². The van der Waals surface area contributed by atoms with Crippen molar-refractivity contribution in [2.24, 2.45) is 0 Å². The Morgan fingerprint density at radius 1 is 0.680 bits per heavy atom. The van der Waals surface area contributed by atoms with Crippen LogP contribution in [0.4, 0.5) is 0 Å². The quantitative estimate of drug-likeness (QED) is 0.399. The van der Waals surface area contributed by atoms with Crippen LogP contribution in [0.2, 0.25) is 0 Å². The summed E-state index contributed by atoms with van der Waals surface area (Å²) in [6.45, 7) is 7.92. The van der Waals surface area contributed by atoms with Gasteiger partial charge in [0.25, 0.3) is 0 Å². The van der Waals surface area contributed by atoms with Gasteiger partial charge in [-0.25, -0.2) is 9.13 Å². The van der Waals surface area contributed by atoms with Gasteiger partial charge in [0.2, 0.25) is 0 Å². The Hall–Kier alpha value is 0.180. The first-order valence-corrected chi connectivity index (χ1v) is 11.5. The Labute approximate surface area is 149 Å². The molecule has 11 heteroatoms. The van der Waals surface area contributed by atoms with Gasteiger partial charge in [0.1, 0.15) is 0 Å². The summed E-state index contributed by atoms with van der Waals surface area (Å²) in [5.41, 5.74) is 0. The second kappa shape index (κ2) is 11.8. The normalized spacial score (nSPS) is 21.8. The molecule has 0 spiro atoms. The number of ether oxygens (including phenoxy) is 1. The van der Waals surface area contributed by atoms with Crippen molar-refractivity contribution in [3.63, 3.8) is 0 Å². The van der Waals surface area contributed by atoms with Crippen LogP contribution in [-0.4, -0.2) is 51.8 Å². The van der Waals surface area contributed by atoms with E-state index in [-0.39, 0.29) is 51.8 Å². The van der Waals surface area contributed by atoms with E-state index in [1.807, 2.05) is 0 Å². The number of hydrogen-bond donors (Lipinski definition) is 0. The molecular formula is C14H30O9P2. The fraction of sp³-hybridized carbons (Fsp3) is 1.00. The van der Waals surface area contributed by atoms with Gasteiger partial charge in [-0.2, -0.15) is 0 Å². The lowest BCUT2D eigenvalue weighted by Crippen LogP contribution is -2.20. The summed E-state index contributed by atoms with van der Waals surface area (Å²) in [6.07, 6.45) is 0.863. The summed E-state index contributed by atoms with van der Waals surface area (Å²) < 4.78 is 61.1. The molecule has 1 rings (SSSR count). The molecule has 0 aromatic carbocycles. The van der Waals surface area contributed by atoms with Crippen molar-refractivity contribution in [3.8, 4) is 0 Å². The first kappa shape index (κ1) is 23.2. The van der Waals surface area contributed by atoms with Gasteiger partial charge in [-0.15, -0.1) is 0 Å². The first-order valence-electron chi connectivity index (χ1n) is 8.63. The molecule has 2 atom stereocenters. The summed E-state index contributed by atoms with van der Waals surface area (Å²) in [7, 11) is -7.09. The number of hydrogen-bond acceptors (Lipinski definition) is 9. The standard InChI is InChI=1S/C14H30O9P2/c1-5-17-24(15,18-6-2)21-11-13-9-10-14(23-13)12-22-25(16,19-7-3)20-8-4/h13-14H,5-12H2,1-4H3/t13-,14+. The largest absolute Gasteiger partial charge is 0.474 e. The molecule has 0 aliphatic carbocycles. The molecule has 0 bridgehead atoms. The molecule has 1 fully saturated rings. The molecular weight excluding hydrogens is 374 g/mol. The number of phosphoric acid groups is 2. The van der Waals surface area contributed by atoms with Crippen molar-refractivity contribution in [3.05, 3.63) is 0 Å². The molecule has 0 saturated carbocycles. The SMILES string of the molecule is CCOP(=O)(OCC)OC[C@H]1CC[C@@H](COP(=O)(OCC)OCC)O1. The van der Waals surface area contributed by atoms with Gasteiger partial charge in [0.05, 0.1) is 51.8 Å². The minimum Gasteiger partial charge on any atom is -0.370 e. The summed E-state index contributed by atoms with van der Waals surface area (Å²) >= 11 is 0. The molecule has 0 aromatic heterocycles. The topological polar surface area (TPSA) is 98.8 Å². The molecule has 0 amide bonds. The van der Waals surface area contributed by atoms with E-state index in [0.29, 0.717) is 12.8 Å². The Morgan fingerprint density at radius 2 is 1.00 bits per heavy atom. The van der Waals surface area contributed by atoms with Crippen LogP contribution in [0.3, 0.4) is 0 Å². The van der Waals surface area contributed by atoms with E-state index < -0.39 is 15.6 Å². The molecule has 1 aliphatic heterocycles. The molecule has 0 N–H and O–H groups in total. The predicted octanol–water partition coefficient (Wildman–Crippen LogP) is 3.93. The van der Waals surface area contributed by atoms with Crippen LogP contribution in [0.15, 0.2) is 0 Å². The van der Waals surface area contributed by atoms with Crippen molar-refractivity contribution < 1.29 is 41.0 Å². The lowest BCUT2D eigenvalue weighted by atomic mass is 10.2. The third kappa shape index (κ3) is 8.61. The van der Waals surface area contributed by atoms with E-state index in [1.165, 1.54) is 0 Å². The second-order valence-electron chi connectivity index (χ2n) is 5.11. The van der Waals surface area contributed by atoms with Gasteiger partial charge < -0.3 is 4.74 Å². The average molecular weight is 404 g/mol. The molecule has 150 valence electrons. The van der Waals surface area contributed by atoms with Crippen molar-refractivity contribution in [2.45, 2.75) is 52.7 Å². The lowest BCUT2D eigenvalue weighted by molar-refractivity contribution is -0.0185. The predicted molar refractivity (Wildman–Crippen MR) is 91.5 cm³/mol. The molecule has 1 saturated heterocycles. The average Bonchev–Trinajstić information content (AvgIpc) is 3.00. The Balaban J connectivity index is 2.40. The number of phosphoric ester groups is 2. The van der Waals surface area contributed by atoms with Crippen LogP contribution in [0.5, 0.6) is 0 Å². The van der Waals surface area contributed by atoms with E-state index in [4.69, 9.17) is 31.9 Å². The molecule has 0 radical (unpaired) electrons. The fourth-order valence-corrected chi connectivity index (χ4v) is 4.64. The Kier molecular flexibility index (Phi) is 11.0. The highest BCUT2D eigenvalue weighted by Gasteiger charge is 2.33. The summed E-state index contributed by atoms with van der Waals surface area (Å²) in [4.78, 5) is 0. The second-order valence-corrected chi connectivity index (χ2v) is 8.45. The molecule has 1 aliphatic rings. The smallest absolute Gasteiger partial charge is 0.370 e. The molecule has 9 nitrogen and oxygen atoms in total. The highest BCUT2D eigenvalue weighted by molar-refractivity contribution is 7.48. The van der Waals surface area contributed by atoms with Gasteiger partial charge in [-0.05, 0) is 40.5 Å². The van der Waals surface area contributed by atoms with Crippen molar-refractivity contribution in [1.29, 1.82) is 0 Å². The van der Waals surface area contributed by atoms with Crippen LogP contribution < -0.4 is 0 Å². The Bertz CT molecular complexity index is 400. The lowest BCUT2D eigenvalue weighted by Gasteiger charge is -2.20. The third-order valence-corrected chi connectivity index (χ3v) is 6.41. The minimum absolute atomic E-state index is 0.0857. The van der Waals surface area contributed by atoms with Gasteiger partial charge >= 0.3 is 15.6 Å². The van der Waals surface area contributed by atoms with Gasteiger partial charge in [-0.1, -0.05) is 0 Å². The van der Waals surface area contributed by atoms with Gasteiger partial charge in [0, 0.05) is 0 Å². The highest BCUT2D eigenvalue weighted by atomic mass is 31.2. The minimum atomic E-state index is -3.55. The maximum absolute atomic E-state index is 12.2. The van der Waals surface area contributed by atoms with Crippen LogP contribution in [0.25, 0.3) is 0 Å². The molecule has 0 unspecified atom stereocenters. The van der Waals surface area contributed by atoms with Gasteiger partial charge in [0.15, 0.2) is 0 Å². The fourth-order valence-electron chi connectivity index (χ4n) is 2.23. The van der Waals surface area contributed by atoms with Crippen LogP contribution in [0.1, 0.15) is 40.5 Å². The van der Waals surface area contributed by atoms with Crippen molar-refractivity contribution in [2.75, 3.05) is 39.6 Å². The first-order chi connectivity index (χ1) is 11.9. The highest BCUT2D eigenvalue weighted by Crippen LogP contribution is 2.51. The summed E-state index contributed by atoms with van der Waals surface area (Å²) in [5.74, 6) is 0. The maximum Gasteiger partial charge on any atom is 0.474 e. The van der Waals surface area contributed by atoms with Crippen molar-refractivity contribution >= 4 is 15.6 Å². The van der Waals surface area contributed by atoms with Crippen molar-refractivity contribution in [1.82, 2.24) is 0 Å². The summed E-state index contributed by atoms with van der Waals surface area (Å²) in [6, 6.07) is 0. The zero-order chi connectivity index (χ0) is 18.8. The monoisotopic (exact) mass is 404 g/mol. The third-order valence-electron chi connectivity index (χ3n) is 3.18. The van der Waals surface area contributed by atoms with E-state index in [0.717, 1.165) is 0 Å². The van der Waals surface area contributed by atoms with Crippen LogP contribution in [0, 0.1) is 0 Å². The number of rotatable bonds is 14.